The molecule has 1 aromatic carbocycles. The summed E-state index contributed by atoms with van der Waals surface area (Å²) in [5.74, 6) is -1.52. The molecule has 3 atom stereocenters. The fourth-order valence-electron chi connectivity index (χ4n) is 2.79. The molecular formula is C15H19FN2O3. The van der Waals surface area contributed by atoms with Gasteiger partial charge >= 0.3 is 6.09 Å². The molecule has 1 heterocycles. The van der Waals surface area contributed by atoms with Gasteiger partial charge in [-0.3, -0.25) is 0 Å². The quantitative estimate of drug-likeness (QED) is 0.889. The zero-order valence-corrected chi connectivity index (χ0v) is 11.7. The highest BCUT2D eigenvalue weighted by atomic mass is 19.2. The molecule has 3 unspecified atom stereocenters. The number of morpholine rings is 1. The van der Waals surface area contributed by atoms with Crippen LogP contribution in [0, 0.1) is 0 Å². The molecule has 3 rings (SSSR count). The lowest BCUT2D eigenvalue weighted by molar-refractivity contribution is -0.180. The molecule has 0 spiro atoms. The van der Waals surface area contributed by atoms with E-state index in [-0.39, 0.29) is 32.3 Å². The summed E-state index contributed by atoms with van der Waals surface area (Å²) in [6, 6.07) is 10.3. The lowest BCUT2D eigenvalue weighted by Crippen LogP contribution is -2.55. The van der Waals surface area contributed by atoms with Crippen LogP contribution >= 0.6 is 0 Å². The van der Waals surface area contributed by atoms with Gasteiger partial charge in [0, 0.05) is 18.5 Å². The summed E-state index contributed by atoms with van der Waals surface area (Å²) in [5, 5.41) is 12.1. The molecule has 114 valence electrons. The van der Waals surface area contributed by atoms with Gasteiger partial charge < -0.3 is 20.1 Å². The standard InChI is InChI=1S/C15H19FN2O3/c16-15(10-18(14(19)20)6-7-21-15)9-17-13-8-12(13)11-4-2-1-3-5-11/h1-5,12-13,17H,6-10H2,(H,19,20). The van der Waals surface area contributed by atoms with Gasteiger partial charge in [0.2, 0.25) is 5.85 Å². The van der Waals surface area contributed by atoms with E-state index < -0.39 is 11.9 Å². The van der Waals surface area contributed by atoms with Crippen LogP contribution in [0.15, 0.2) is 30.3 Å². The van der Waals surface area contributed by atoms with E-state index in [1.165, 1.54) is 5.56 Å². The normalized spacial score (nSPS) is 32.0. The highest BCUT2D eigenvalue weighted by Gasteiger charge is 2.43. The van der Waals surface area contributed by atoms with E-state index in [2.05, 4.69) is 17.4 Å². The fourth-order valence-corrected chi connectivity index (χ4v) is 2.79. The lowest BCUT2D eigenvalue weighted by atomic mass is 10.1. The van der Waals surface area contributed by atoms with Gasteiger partial charge in [-0.25, -0.2) is 9.18 Å². The smallest absolute Gasteiger partial charge is 0.407 e. The summed E-state index contributed by atoms with van der Waals surface area (Å²) in [5.41, 5.74) is 1.25. The first kappa shape index (κ1) is 14.3. The monoisotopic (exact) mass is 294 g/mol. The Labute approximate surface area is 122 Å². The molecule has 0 radical (unpaired) electrons. The molecule has 2 N–H and O–H groups in total. The van der Waals surface area contributed by atoms with Crippen molar-refractivity contribution in [2.75, 3.05) is 26.2 Å². The molecule has 6 heteroatoms. The van der Waals surface area contributed by atoms with Crippen LogP contribution < -0.4 is 5.32 Å². The number of halogens is 1. The van der Waals surface area contributed by atoms with Crippen molar-refractivity contribution in [3.63, 3.8) is 0 Å². The van der Waals surface area contributed by atoms with E-state index in [1.54, 1.807) is 0 Å². The maximum absolute atomic E-state index is 14.5. The Hall–Kier alpha value is -1.66. The number of hydrogen-bond donors (Lipinski definition) is 2. The molecular weight excluding hydrogens is 275 g/mol. The molecule has 5 nitrogen and oxygen atoms in total. The summed E-state index contributed by atoms with van der Waals surface area (Å²) in [6.45, 7) is 0.0944. The number of amides is 1. The van der Waals surface area contributed by atoms with E-state index in [9.17, 15) is 9.18 Å². The second-order valence-corrected chi connectivity index (χ2v) is 5.68. The molecule has 2 aliphatic rings. The maximum atomic E-state index is 14.5. The molecule has 1 saturated heterocycles. The average Bonchev–Trinajstić information content (AvgIpc) is 3.26. The minimum absolute atomic E-state index is 0.0186. The minimum atomic E-state index is -1.93. The van der Waals surface area contributed by atoms with Crippen molar-refractivity contribution >= 4 is 6.09 Å². The predicted octanol–water partition coefficient (Wildman–Crippen LogP) is 1.81. The molecule has 1 aromatic rings. The van der Waals surface area contributed by atoms with Gasteiger partial charge in [0.25, 0.3) is 0 Å². The van der Waals surface area contributed by atoms with Gasteiger partial charge in [-0.15, -0.1) is 0 Å². The molecule has 21 heavy (non-hydrogen) atoms. The minimum Gasteiger partial charge on any atom is -0.465 e. The molecule has 1 aliphatic carbocycles. The first-order valence-corrected chi connectivity index (χ1v) is 7.16. The number of nitrogens with one attached hydrogen (secondary N) is 1. The highest BCUT2D eigenvalue weighted by molar-refractivity contribution is 5.65. The number of rotatable bonds is 4. The zero-order valence-electron chi connectivity index (χ0n) is 11.7. The van der Waals surface area contributed by atoms with E-state index in [4.69, 9.17) is 9.84 Å². The third-order valence-electron chi connectivity index (χ3n) is 4.07. The molecule has 1 saturated carbocycles. The number of ether oxygens (including phenoxy) is 1. The molecule has 0 bridgehead atoms. The van der Waals surface area contributed by atoms with Gasteiger partial charge in [-0.05, 0) is 12.0 Å². The average molecular weight is 294 g/mol. The van der Waals surface area contributed by atoms with Crippen LogP contribution in [0.4, 0.5) is 9.18 Å². The first-order valence-electron chi connectivity index (χ1n) is 7.16. The topological polar surface area (TPSA) is 61.8 Å². The number of benzene rings is 1. The third-order valence-corrected chi connectivity index (χ3v) is 4.07. The summed E-state index contributed by atoms with van der Waals surface area (Å²) in [6.07, 6.45) is -0.128. The summed E-state index contributed by atoms with van der Waals surface area (Å²) in [7, 11) is 0. The van der Waals surface area contributed by atoms with Gasteiger partial charge in [0.1, 0.15) is 0 Å². The van der Waals surface area contributed by atoms with Crippen LogP contribution in [-0.2, 0) is 4.74 Å². The fraction of sp³-hybridized carbons (Fsp3) is 0.533. The van der Waals surface area contributed by atoms with Crippen LogP contribution in [0.5, 0.6) is 0 Å². The van der Waals surface area contributed by atoms with Crippen LogP contribution in [0.2, 0.25) is 0 Å². The SMILES string of the molecule is O=C(O)N1CCOC(F)(CNC2CC2c2ccccc2)C1. The summed E-state index contributed by atoms with van der Waals surface area (Å²) in [4.78, 5) is 12.0. The Bertz CT molecular complexity index is 513. The number of nitrogens with zero attached hydrogens (tertiary/aromatic N) is 1. The Kier molecular flexibility index (Phi) is 3.82. The Morgan fingerprint density at radius 1 is 1.48 bits per heavy atom. The lowest BCUT2D eigenvalue weighted by Gasteiger charge is -2.36. The zero-order chi connectivity index (χ0) is 14.9. The molecule has 1 aliphatic heterocycles. The number of carboxylic acid groups (broad SMARTS) is 1. The number of alkyl halides is 1. The van der Waals surface area contributed by atoms with Crippen LogP contribution in [0.3, 0.4) is 0 Å². The van der Waals surface area contributed by atoms with Crippen molar-refractivity contribution in [1.29, 1.82) is 0 Å². The number of carbonyl (C=O) groups is 1. The van der Waals surface area contributed by atoms with Gasteiger partial charge in [0.05, 0.1) is 19.7 Å². The predicted molar refractivity (Wildman–Crippen MR) is 75.0 cm³/mol. The van der Waals surface area contributed by atoms with Crippen LogP contribution in [-0.4, -0.2) is 54.2 Å². The van der Waals surface area contributed by atoms with Crippen molar-refractivity contribution < 1.29 is 19.0 Å². The van der Waals surface area contributed by atoms with E-state index in [1.807, 2.05) is 18.2 Å². The highest BCUT2D eigenvalue weighted by Crippen LogP contribution is 2.40. The largest absolute Gasteiger partial charge is 0.465 e. The summed E-state index contributed by atoms with van der Waals surface area (Å²) < 4.78 is 19.6. The van der Waals surface area contributed by atoms with Crippen LogP contribution in [0.1, 0.15) is 17.9 Å². The van der Waals surface area contributed by atoms with Gasteiger partial charge in [-0.1, -0.05) is 30.3 Å². The van der Waals surface area contributed by atoms with Crippen molar-refractivity contribution in [3.8, 4) is 0 Å². The Balaban J connectivity index is 1.50. The Morgan fingerprint density at radius 3 is 2.95 bits per heavy atom. The molecule has 0 aromatic heterocycles. The maximum Gasteiger partial charge on any atom is 0.407 e. The molecule has 1 amide bonds. The van der Waals surface area contributed by atoms with E-state index in [0.29, 0.717) is 5.92 Å². The van der Waals surface area contributed by atoms with Crippen molar-refractivity contribution in [3.05, 3.63) is 35.9 Å². The van der Waals surface area contributed by atoms with Gasteiger partial charge in [0.15, 0.2) is 0 Å². The van der Waals surface area contributed by atoms with E-state index >= 15 is 0 Å². The van der Waals surface area contributed by atoms with Gasteiger partial charge in [-0.2, -0.15) is 0 Å². The van der Waals surface area contributed by atoms with Crippen molar-refractivity contribution in [2.24, 2.45) is 0 Å². The molecule has 2 fully saturated rings. The van der Waals surface area contributed by atoms with Crippen molar-refractivity contribution in [2.45, 2.75) is 24.2 Å². The van der Waals surface area contributed by atoms with Crippen LogP contribution in [0.25, 0.3) is 0 Å². The summed E-state index contributed by atoms with van der Waals surface area (Å²) >= 11 is 0. The van der Waals surface area contributed by atoms with Crippen molar-refractivity contribution in [1.82, 2.24) is 10.2 Å². The second-order valence-electron chi connectivity index (χ2n) is 5.68. The second kappa shape index (κ2) is 5.61. The first-order chi connectivity index (χ1) is 10.1. The van der Waals surface area contributed by atoms with E-state index in [0.717, 1.165) is 11.3 Å². The number of hydrogen-bond acceptors (Lipinski definition) is 3. The third kappa shape index (κ3) is 3.33. The Morgan fingerprint density at radius 2 is 2.24 bits per heavy atom.